The van der Waals surface area contributed by atoms with Gasteiger partial charge in [0.15, 0.2) is 0 Å². The highest BCUT2D eigenvalue weighted by Crippen LogP contribution is 2.25. The molecule has 0 radical (unpaired) electrons. The molecule has 0 atom stereocenters. The Labute approximate surface area is 115 Å². The molecular weight excluding hydrogens is 262 g/mol. The van der Waals surface area contributed by atoms with Crippen molar-refractivity contribution in [1.82, 2.24) is 5.32 Å². The average molecular weight is 277 g/mol. The number of nitrogens with one attached hydrogen (secondary N) is 1. The lowest BCUT2D eigenvalue weighted by Gasteiger charge is -2.02. The van der Waals surface area contributed by atoms with Crippen LogP contribution < -0.4 is 5.32 Å². The van der Waals surface area contributed by atoms with Gasteiger partial charge in [0, 0.05) is 11.9 Å². The number of benzene rings is 1. The molecule has 1 aromatic carbocycles. The SMILES string of the molecule is COC(=O)CCNCc1oc2ccccc2c1C(=O)O. The predicted octanol–water partition coefficient (Wildman–Crippen LogP) is 1.78. The van der Waals surface area contributed by atoms with Gasteiger partial charge in [0.1, 0.15) is 16.9 Å². The molecule has 0 unspecified atom stereocenters. The zero-order valence-corrected chi connectivity index (χ0v) is 11.0. The van der Waals surface area contributed by atoms with E-state index in [1.54, 1.807) is 24.3 Å². The fraction of sp³-hybridized carbons (Fsp3) is 0.286. The normalized spacial score (nSPS) is 10.7. The Morgan fingerprint density at radius 2 is 2.10 bits per heavy atom. The van der Waals surface area contributed by atoms with Crippen molar-refractivity contribution < 1.29 is 23.8 Å². The standard InChI is InChI=1S/C14H15NO5/c1-19-12(16)6-7-15-8-11-13(14(17)18)9-4-2-3-5-10(9)20-11/h2-5,15H,6-8H2,1H3,(H,17,18). The first-order chi connectivity index (χ1) is 9.63. The molecule has 2 rings (SSSR count). The summed E-state index contributed by atoms with van der Waals surface area (Å²) in [4.78, 5) is 22.3. The zero-order chi connectivity index (χ0) is 14.5. The number of carbonyl (C=O) groups is 2. The molecule has 6 heteroatoms. The van der Waals surface area contributed by atoms with Crippen LogP contribution in [0.5, 0.6) is 0 Å². The van der Waals surface area contributed by atoms with Gasteiger partial charge in [0.2, 0.25) is 0 Å². The molecule has 2 aromatic rings. The van der Waals surface area contributed by atoms with Crippen LogP contribution in [0.2, 0.25) is 0 Å². The van der Waals surface area contributed by atoms with Crippen molar-refractivity contribution >= 4 is 22.9 Å². The van der Waals surface area contributed by atoms with E-state index in [0.29, 0.717) is 23.3 Å². The van der Waals surface area contributed by atoms with Gasteiger partial charge < -0.3 is 19.6 Å². The molecule has 0 saturated heterocycles. The van der Waals surface area contributed by atoms with Crippen molar-refractivity contribution in [2.45, 2.75) is 13.0 Å². The molecule has 1 heterocycles. The molecule has 0 aliphatic rings. The van der Waals surface area contributed by atoms with E-state index in [-0.39, 0.29) is 24.5 Å². The molecular formula is C14H15NO5. The Morgan fingerprint density at radius 1 is 1.35 bits per heavy atom. The summed E-state index contributed by atoms with van der Waals surface area (Å²) < 4.78 is 10.1. The number of hydrogen-bond acceptors (Lipinski definition) is 5. The fourth-order valence-corrected chi connectivity index (χ4v) is 1.95. The van der Waals surface area contributed by atoms with Gasteiger partial charge in [-0.3, -0.25) is 4.79 Å². The monoisotopic (exact) mass is 277 g/mol. The smallest absolute Gasteiger partial charge is 0.339 e. The van der Waals surface area contributed by atoms with E-state index in [1.165, 1.54) is 7.11 Å². The summed E-state index contributed by atoms with van der Waals surface area (Å²) in [6, 6.07) is 6.98. The van der Waals surface area contributed by atoms with Gasteiger partial charge in [-0.15, -0.1) is 0 Å². The number of carboxylic acid groups (broad SMARTS) is 1. The third kappa shape index (κ3) is 2.97. The van der Waals surface area contributed by atoms with Crippen molar-refractivity contribution in [3.63, 3.8) is 0 Å². The van der Waals surface area contributed by atoms with E-state index in [9.17, 15) is 14.7 Å². The van der Waals surface area contributed by atoms with Gasteiger partial charge >= 0.3 is 11.9 Å². The summed E-state index contributed by atoms with van der Waals surface area (Å²) in [5.41, 5.74) is 0.695. The largest absolute Gasteiger partial charge is 0.478 e. The quantitative estimate of drug-likeness (QED) is 0.618. The number of furan rings is 1. The van der Waals surface area contributed by atoms with Crippen molar-refractivity contribution in [3.8, 4) is 0 Å². The molecule has 106 valence electrons. The van der Waals surface area contributed by atoms with Crippen molar-refractivity contribution in [2.75, 3.05) is 13.7 Å². The summed E-state index contributed by atoms with van der Waals surface area (Å²) in [5, 5.41) is 12.8. The van der Waals surface area contributed by atoms with E-state index in [4.69, 9.17) is 4.42 Å². The van der Waals surface area contributed by atoms with E-state index in [0.717, 1.165) is 0 Å². The van der Waals surface area contributed by atoms with Crippen LogP contribution in [-0.2, 0) is 16.1 Å². The fourth-order valence-electron chi connectivity index (χ4n) is 1.95. The summed E-state index contributed by atoms with van der Waals surface area (Å²) in [5.74, 6) is -0.996. The number of methoxy groups -OCH3 is 1. The predicted molar refractivity (Wildman–Crippen MR) is 71.5 cm³/mol. The van der Waals surface area contributed by atoms with Gasteiger partial charge in [-0.1, -0.05) is 18.2 Å². The Morgan fingerprint density at radius 3 is 2.80 bits per heavy atom. The third-order valence-corrected chi connectivity index (χ3v) is 2.90. The lowest BCUT2D eigenvalue weighted by atomic mass is 10.1. The maximum atomic E-state index is 11.3. The van der Waals surface area contributed by atoms with Crippen LogP contribution in [0.15, 0.2) is 28.7 Å². The van der Waals surface area contributed by atoms with E-state index in [2.05, 4.69) is 10.1 Å². The lowest BCUT2D eigenvalue weighted by molar-refractivity contribution is -0.140. The second-order valence-electron chi connectivity index (χ2n) is 4.20. The van der Waals surface area contributed by atoms with Crippen LogP contribution in [-0.4, -0.2) is 30.7 Å². The highest BCUT2D eigenvalue weighted by Gasteiger charge is 2.19. The minimum absolute atomic E-state index is 0.158. The molecule has 0 spiro atoms. The number of carboxylic acids is 1. The molecule has 0 aliphatic carbocycles. The van der Waals surface area contributed by atoms with Crippen LogP contribution in [0, 0.1) is 0 Å². The maximum absolute atomic E-state index is 11.3. The molecule has 0 fully saturated rings. The highest BCUT2D eigenvalue weighted by atomic mass is 16.5. The zero-order valence-electron chi connectivity index (χ0n) is 11.0. The van der Waals surface area contributed by atoms with Crippen LogP contribution in [0.1, 0.15) is 22.5 Å². The van der Waals surface area contributed by atoms with Crippen LogP contribution in [0.4, 0.5) is 0 Å². The Kier molecular flexibility index (Phi) is 4.37. The number of carbonyl (C=O) groups excluding carboxylic acids is 1. The molecule has 6 nitrogen and oxygen atoms in total. The molecule has 1 aromatic heterocycles. The first-order valence-electron chi connectivity index (χ1n) is 6.14. The molecule has 20 heavy (non-hydrogen) atoms. The van der Waals surface area contributed by atoms with Gasteiger partial charge in [-0.05, 0) is 6.07 Å². The number of para-hydroxylation sites is 1. The Balaban J connectivity index is 2.11. The number of ether oxygens (including phenoxy) is 1. The maximum Gasteiger partial charge on any atom is 0.339 e. The molecule has 0 saturated carbocycles. The number of esters is 1. The molecule has 2 N–H and O–H groups in total. The van der Waals surface area contributed by atoms with Crippen LogP contribution >= 0.6 is 0 Å². The first kappa shape index (κ1) is 14.1. The van der Waals surface area contributed by atoms with Gasteiger partial charge in [-0.25, -0.2) is 4.79 Å². The number of fused-ring (bicyclic) bond motifs is 1. The Bertz CT molecular complexity index is 632. The molecule has 0 bridgehead atoms. The second-order valence-corrected chi connectivity index (χ2v) is 4.20. The average Bonchev–Trinajstić information content (AvgIpc) is 2.81. The van der Waals surface area contributed by atoms with E-state index < -0.39 is 5.97 Å². The van der Waals surface area contributed by atoms with Crippen molar-refractivity contribution in [2.24, 2.45) is 0 Å². The highest BCUT2D eigenvalue weighted by molar-refractivity contribution is 6.03. The number of aromatic carboxylic acids is 1. The minimum atomic E-state index is -1.03. The summed E-state index contributed by atoms with van der Waals surface area (Å²) in [6.45, 7) is 0.635. The van der Waals surface area contributed by atoms with Gasteiger partial charge in [0.05, 0.1) is 20.1 Å². The second kappa shape index (κ2) is 6.21. The van der Waals surface area contributed by atoms with E-state index >= 15 is 0 Å². The van der Waals surface area contributed by atoms with E-state index in [1.807, 2.05) is 0 Å². The minimum Gasteiger partial charge on any atom is -0.478 e. The van der Waals surface area contributed by atoms with Crippen LogP contribution in [0.3, 0.4) is 0 Å². The molecule has 0 amide bonds. The van der Waals surface area contributed by atoms with Gasteiger partial charge in [0.25, 0.3) is 0 Å². The summed E-state index contributed by atoms with van der Waals surface area (Å²) >= 11 is 0. The topological polar surface area (TPSA) is 88.8 Å². The number of rotatable bonds is 6. The Hall–Kier alpha value is -2.34. The number of hydrogen-bond donors (Lipinski definition) is 2. The summed E-state index contributed by atoms with van der Waals surface area (Å²) in [6.07, 6.45) is 0.221. The van der Waals surface area contributed by atoms with Crippen LogP contribution in [0.25, 0.3) is 11.0 Å². The van der Waals surface area contributed by atoms with Crippen molar-refractivity contribution in [3.05, 3.63) is 35.6 Å². The van der Waals surface area contributed by atoms with Crippen molar-refractivity contribution in [1.29, 1.82) is 0 Å². The molecule has 0 aliphatic heterocycles. The summed E-state index contributed by atoms with van der Waals surface area (Å²) in [7, 11) is 1.32. The van der Waals surface area contributed by atoms with Gasteiger partial charge in [-0.2, -0.15) is 0 Å². The lowest BCUT2D eigenvalue weighted by Crippen LogP contribution is -2.19. The third-order valence-electron chi connectivity index (χ3n) is 2.90. The first-order valence-corrected chi connectivity index (χ1v) is 6.14.